The van der Waals surface area contributed by atoms with Gasteiger partial charge in [-0.25, -0.2) is 4.39 Å². The summed E-state index contributed by atoms with van der Waals surface area (Å²) in [7, 11) is 0. The van der Waals surface area contributed by atoms with E-state index in [1.165, 1.54) is 6.07 Å². The largest absolute Gasteiger partial charge is 0.314 e. The number of hydrogen-bond acceptors (Lipinski definition) is 3. The molecule has 0 aliphatic carbocycles. The molecule has 0 bridgehead atoms. The van der Waals surface area contributed by atoms with E-state index >= 15 is 0 Å². The molecule has 0 amide bonds. The van der Waals surface area contributed by atoms with Crippen LogP contribution < -0.4 is 5.32 Å². The number of piperazine rings is 1. The van der Waals surface area contributed by atoms with Crippen LogP contribution in [0.3, 0.4) is 0 Å². The quantitative estimate of drug-likeness (QED) is 0.908. The maximum Gasteiger partial charge on any atom is 0.123 e. The maximum absolute atomic E-state index is 13.2. The van der Waals surface area contributed by atoms with Gasteiger partial charge in [0.2, 0.25) is 0 Å². The highest BCUT2D eigenvalue weighted by Gasteiger charge is 2.27. The van der Waals surface area contributed by atoms with Crippen molar-refractivity contribution in [1.29, 1.82) is 0 Å². The van der Waals surface area contributed by atoms with Gasteiger partial charge in [-0.2, -0.15) is 0 Å². The lowest BCUT2D eigenvalue weighted by Crippen LogP contribution is -2.61. The van der Waals surface area contributed by atoms with Gasteiger partial charge in [-0.1, -0.05) is 11.6 Å². The number of rotatable bonds is 3. The summed E-state index contributed by atoms with van der Waals surface area (Å²) in [6, 6.07) is 5.32. The van der Waals surface area contributed by atoms with Crippen LogP contribution in [0.5, 0.6) is 0 Å². The van der Waals surface area contributed by atoms with Crippen molar-refractivity contribution >= 4 is 11.6 Å². The second-order valence-corrected chi connectivity index (χ2v) is 5.77. The molecule has 1 N–H and O–H groups in total. The Morgan fingerprint density at radius 3 is 2.58 bits per heavy atom. The van der Waals surface area contributed by atoms with E-state index in [2.05, 4.69) is 15.1 Å². The second-order valence-electron chi connectivity index (χ2n) is 5.36. The number of nitrogens with zero attached hydrogens (tertiary/aromatic N) is 2. The number of halogens is 2. The second kappa shape index (κ2) is 5.75. The minimum Gasteiger partial charge on any atom is -0.314 e. The highest BCUT2D eigenvalue weighted by atomic mass is 35.5. The highest BCUT2D eigenvalue weighted by Crippen LogP contribution is 2.20. The van der Waals surface area contributed by atoms with Gasteiger partial charge in [0.05, 0.1) is 0 Å². The predicted molar refractivity (Wildman–Crippen MR) is 74.9 cm³/mol. The van der Waals surface area contributed by atoms with Gasteiger partial charge in [-0.3, -0.25) is 9.80 Å². The summed E-state index contributed by atoms with van der Waals surface area (Å²) in [6.07, 6.45) is 0. The highest BCUT2D eigenvalue weighted by molar-refractivity contribution is 6.31. The lowest BCUT2D eigenvalue weighted by Gasteiger charge is -2.43. The van der Waals surface area contributed by atoms with Crippen LogP contribution in [0.4, 0.5) is 4.39 Å². The molecule has 104 valence electrons. The van der Waals surface area contributed by atoms with Gasteiger partial charge in [0.15, 0.2) is 0 Å². The van der Waals surface area contributed by atoms with E-state index in [0.29, 0.717) is 5.02 Å². The maximum atomic E-state index is 13.2. The molecule has 0 unspecified atom stereocenters. The molecule has 2 heterocycles. The van der Waals surface area contributed by atoms with E-state index in [-0.39, 0.29) is 5.82 Å². The Bertz CT molecular complexity index is 442. The molecule has 3 rings (SSSR count). The summed E-state index contributed by atoms with van der Waals surface area (Å²) in [4.78, 5) is 4.89. The summed E-state index contributed by atoms with van der Waals surface area (Å²) >= 11 is 6.11. The van der Waals surface area contributed by atoms with Gasteiger partial charge in [-0.05, 0) is 23.8 Å². The molecule has 2 fully saturated rings. The van der Waals surface area contributed by atoms with Crippen LogP contribution in [-0.4, -0.2) is 55.1 Å². The number of nitrogens with one attached hydrogen (secondary N) is 1. The summed E-state index contributed by atoms with van der Waals surface area (Å²) in [5, 5.41) is 3.97. The summed E-state index contributed by atoms with van der Waals surface area (Å²) in [5.41, 5.74) is 0.889. The number of hydrogen-bond donors (Lipinski definition) is 1. The summed E-state index contributed by atoms with van der Waals surface area (Å²) < 4.78 is 13.2. The van der Waals surface area contributed by atoms with Gasteiger partial charge in [-0.15, -0.1) is 0 Å². The zero-order valence-electron chi connectivity index (χ0n) is 10.9. The van der Waals surface area contributed by atoms with Gasteiger partial charge in [0.25, 0.3) is 0 Å². The molecular weight excluding hydrogens is 265 g/mol. The van der Waals surface area contributed by atoms with E-state index in [1.54, 1.807) is 12.1 Å². The van der Waals surface area contributed by atoms with E-state index in [4.69, 9.17) is 11.6 Å². The van der Waals surface area contributed by atoms with E-state index < -0.39 is 0 Å². The molecule has 3 nitrogen and oxygen atoms in total. The van der Waals surface area contributed by atoms with Crippen LogP contribution in [0, 0.1) is 5.82 Å². The molecule has 2 aliphatic rings. The first-order valence-corrected chi connectivity index (χ1v) is 7.21. The van der Waals surface area contributed by atoms with Gasteiger partial charge >= 0.3 is 0 Å². The third-order valence-electron chi connectivity index (χ3n) is 4.08. The summed E-state index contributed by atoms with van der Waals surface area (Å²) in [6.45, 7) is 7.24. The van der Waals surface area contributed by atoms with Crippen molar-refractivity contribution in [2.45, 2.75) is 12.6 Å². The van der Waals surface area contributed by atoms with Crippen molar-refractivity contribution < 1.29 is 4.39 Å². The Hall–Kier alpha value is -0.680. The van der Waals surface area contributed by atoms with Crippen molar-refractivity contribution in [3.05, 3.63) is 34.6 Å². The van der Waals surface area contributed by atoms with E-state index in [0.717, 1.165) is 57.4 Å². The first-order valence-electron chi connectivity index (χ1n) is 6.83. The smallest absolute Gasteiger partial charge is 0.123 e. The van der Waals surface area contributed by atoms with Crippen LogP contribution in [-0.2, 0) is 6.54 Å². The van der Waals surface area contributed by atoms with Crippen LogP contribution >= 0.6 is 11.6 Å². The molecule has 5 heteroatoms. The molecule has 0 atom stereocenters. The Labute approximate surface area is 118 Å². The number of benzene rings is 1. The first-order chi connectivity index (χ1) is 9.22. The topological polar surface area (TPSA) is 18.5 Å². The summed E-state index contributed by atoms with van der Waals surface area (Å²) in [5.74, 6) is -0.210. The van der Waals surface area contributed by atoms with Crippen LogP contribution in [0.1, 0.15) is 5.56 Å². The van der Waals surface area contributed by atoms with Crippen molar-refractivity contribution in [3.8, 4) is 0 Å². The lowest BCUT2D eigenvalue weighted by molar-refractivity contribution is 0.0695. The Balaban J connectivity index is 1.55. The molecular formula is C14H19ClFN3. The molecule has 0 spiro atoms. The fourth-order valence-electron chi connectivity index (χ4n) is 2.72. The third-order valence-corrected chi connectivity index (χ3v) is 4.45. The van der Waals surface area contributed by atoms with Crippen molar-refractivity contribution in [2.75, 3.05) is 39.3 Å². The SMILES string of the molecule is Fc1ccc(Cl)c(CN2CCN(C3CNC3)CC2)c1. The molecule has 2 saturated heterocycles. The Morgan fingerprint density at radius 2 is 1.95 bits per heavy atom. The molecule has 19 heavy (non-hydrogen) atoms. The van der Waals surface area contributed by atoms with E-state index in [9.17, 15) is 4.39 Å². The zero-order chi connectivity index (χ0) is 13.2. The molecule has 0 aromatic heterocycles. The molecule has 0 saturated carbocycles. The predicted octanol–water partition coefficient (Wildman–Crippen LogP) is 1.57. The minimum atomic E-state index is -0.210. The van der Waals surface area contributed by atoms with Crippen LogP contribution in [0.25, 0.3) is 0 Å². The third kappa shape index (κ3) is 3.08. The van der Waals surface area contributed by atoms with Gasteiger partial charge in [0.1, 0.15) is 5.82 Å². The van der Waals surface area contributed by atoms with E-state index in [1.807, 2.05) is 0 Å². The van der Waals surface area contributed by atoms with Gasteiger partial charge in [0, 0.05) is 56.9 Å². The Morgan fingerprint density at radius 1 is 1.21 bits per heavy atom. The molecule has 0 radical (unpaired) electrons. The molecule has 1 aromatic rings. The normalized spacial score (nSPS) is 22.4. The minimum absolute atomic E-state index is 0.210. The molecule has 1 aromatic carbocycles. The van der Waals surface area contributed by atoms with Crippen LogP contribution in [0.2, 0.25) is 5.02 Å². The van der Waals surface area contributed by atoms with Crippen LogP contribution in [0.15, 0.2) is 18.2 Å². The van der Waals surface area contributed by atoms with Gasteiger partial charge < -0.3 is 5.32 Å². The Kier molecular flexibility index (Phi) is 4.03. The standard InChI is InChI=1S/C14H19ClFN3/c15-14-2-1-12(16)7-11(14)10-18-3-5-19(6-4-18)13-8-17-9-13/h1-2,7,13,17H,3-6,8-10H2. The average Bonchev–Trinajstić information content (AvgIpc) is 2.34. The fourth-order valence-corrected chi connectivity index (χ4v) is 2.90. The molecule has 2 aliphatic heterocycles. The van der Waals surface area contributed by atoms with Crippen molar-refractivity contribution in [2.24, 2.45) is 0 Å². The first kappa shape index (κ1) is 13.3. The van der Waals surface area contributed by atoms with Crippen molar-refractivity contribution in [1.82, 2.24) is 15.1 Å². The van der Waals surface area contributed by atoms with Crippen molar-refractivity contribution in [3.63, 3.8) is 0 Å². The fraction of sp³-hybridized carbons (Fsp3) is 0.571. The average molecular weight is 284 g/mol. The monoisotopic (exact) mass is 283 g/mol. The lowest BCUT2D eigenvalue weighted by atomic mass is 10.1. The zero-order valence-corrected chi connectivity index (χ0v) is 11.7.